The number of nitrogens with zero attached hydrogens (tertiary/aromatic N) is 3. The minimum atomic E-state index is -0.346. The van der Waals surface area contributed by atoms with Crippen LogP contribution in [0.2, 0.25) is 0 Å². The number of hydrogen-bond acceptors (Lipinski definition) is 5. The van der Waals surface area contributed by atoms with E-state index in [2.05, 4.69) is 38.7 Å². The molecule has 0 N–H and O–H groups in total. The summed E-state index contributed by atoms with van der Waals surface area (Å²) in [6.45, 7) is 9.68. The maximum Gasteiger partial charge on any atom is 0.267 e. The van der Waals surface area contributed by atoms with Crippen molar-refractivity contribution >= 4 is 45.9 Å². The first-order valence-corrected chi connectivity index (χ1v) is 14.3. The second-order valence-corrected chi connectivity index (χ2v) is 11.6. The highest BCUT2D eigenvalue weighted by atomic mass is 32.2. The van der Waals surface area contributed by atoms with E-state index in [1.165, 1.54) is 11.8 Å². The molecule has 2 aliphatic heterocycles. The summed E-state index contributed by atoms with van der Waals surface area (Å²) in [5, 5.41) is 0.559. The quantitative estimate of drug-likeness (QED) is 0.277. The molecular formula is C33H34FN3O2S. The van der Waals surface area contributed by atoms with E-state index in [0.29, 0.717) is 22.2 Å². The fourth-order valence-electron chi connectivity index (χ4n) is 5.26. The smallest absolute Gasteiger partial charge is 0.267 e. The number of carbonyl (C=O) groups excluding carboxylic acids is 1. The van der Waals surface area contributed by atoms with Crippen LogP contribution in [-0.4, -0.2) is 35.2 Å². The molecule has 2 aliphatic rings. The van der Waals surface area contributed by atoms with Crippen molar-refractivity contribution in [2.24, 2.45) is 4.99 Å². The van der Waals surface area contributed by atoms with Gasteiger partial charge in [0.15, 0.2) is 5.17 Å². The summed E-state index contributed by atoms with van der Waals surface area (Å²) < 4.78 is 20.9. The maximum absolute atomic E-state index is 15.6. The molecule has 0 atom stereocenters. The lowest BCUT2D eigenvalue weighted by Crippen LogP contribution is -2.45. The van der Waals surface area contributed by atoms with Crippen LogP contribution < -0.4 is 9.64 Å². The molecule has 5 rings (SSSR count). The predicted molar refractivity (Wildman–Crippen MR) is 164 cm³/mol. The highest BCUT2D eigenvalue weighted by molar-refractivity contribution is 8.18. The van der Waals surface area contributed by atoms with Gasteiger partial charge < -0.3 is 9.64 Å². The number of fused-ring (bicyclic) bond motifs is 1. The third-order valence-corrected chi connectivity index (χ3v) is 8.21. The molecule has 1 amide bonds. The molecule has 0 unspecified atom stereocenters. The first-order valence-electron chi connectivity index (χ1n) is 13.5. The third kappa shape index (κ3) is 5.56. The fraction of sp³-hybridized carbons (Fsp3) is 0.273. The van der Waals surface area contributed by atoms with Gasteiger partial charge in [0.25, 0.3) is 5.91 Å². The number of aliphatic imine (C=N–C) groups is 1. The molecule has 0 spiro atoms. The summed E-state index contributed by atoms with van der Waals surface area (Å²) in [6.07, 6.45) is 4.85. The molecule has 7 heteroatoms. The van der Waals surface area contributed by atoms with Crippen LogP contribution in [0.15, 0.2) is 82.7 Å². The number of halogens is 1. The standard InChI is InChI=1S/C33H34FN3O2S/c1-6-16-37-29-19-28(34)24(17-27(29)22(2)20-33(37,3)4)18-30-31(38)36(21-23-12-14-26(39-5)15-13-23)32(40-30)35-25-10-8-7-9-11-25/h7-15,17-20H,6,16,21H2,1-5H3/b30-18+,35-32?. The normalized spacial score (nSPS) is 18.4. The second-order valence-electron chi connectivity index (χ2n) is 10.6. The second kappa shape index (κ2) is 11.3. The molecule has 0 aromatic heterocycles. The number of thioether (sulfide) groups is 1. The van der Waals surface area contributed by atoms with Crippen LogP contribution in [0.1, 0.15) is 50.8 Å². The fourth-order valence-corrected chi connectivity index (χ4v) is 6.24. The summed E-state index contributed by atoms with van der Waals surface area (Å²) in [7, 11) is 1.62. The Morgan fingerprint density at radius 3 is 2.48 bits per heavy atom. The van der Waals surface area contributed by atoms with E-state index in [1.807, 2.05) is 60.7 Å². The van der Waals surface area contributed by atoms with E-state index in [-0.39, 0.29) is 17.3 Å². The number of amidine groups is 1. The van der Waals surface area contributed by atoms with Crippen molar-refractivity contribution in [1.82, 2.24) is 4.90 Å². The van der Waals surface area contributed by atoms with E-state index in [1.54, 1.807) is 24.2 Å². The lowest BCUT2D eigenvalue weighted by Gasteiger charge is -2.43. The molecular weight excluding hydrogens is 521 g/mol. The lowest BCUT2D eigenvalue weighted by atomic mass is 9.87. The van der Waals surface area contributed by atoms with Crippen LogP contribution >= 0.6 is 11.8 Å². The van der Waals surface area contributed by atoms with Gasteiger partial charge in [-0.2, -0.15) is 0 Å². The Morgan fingerprint density at radius 2 is 1.80 bits per heavy atom. The summed E-state index contributed by atoms with van der Waals surface area (Å²) in [5.41, 5.74) is 4.86. The number of benzene rings is 3. The predicted octanol–water partition coefficient (Wildman–Crippen LogP) is 8.05. The van der Waals surface area contributed by atoms with Gasteiger partial charge in [-0.1, -0.05) is 43.3 Å². The van der Waals surface area contributed by atoms with Gasteiger partial charge >= 0.3 is 0 Å². The zero-order valence-corrected chi connectivity index (χ0v) is 24.4. The number of para-hydroxylation sites is 1. The Kier molecular flexibility index (Phi) is 7.86. The van der Waals surface area contributed by atoms with E-state index >= 15 is 4.39 Å². The van der Waals surface area contributed by atoms with Gasteiger partial charge in [0.05, 0.1) is 29.8 Å². The topological polar surface area (TPSA) is 45.1 Å². The first-order chi connectivity index (χ1) is 19.2. The molecule has 0 aliphatic carbocycles. The molecule has 206 valence electrons. The van der Waals surface area contributed by atoms with Gasteiger partial charge in [-0.05, 0) is 92.6 Å². The zero-order chi connectivity index (χ0) is 28.4. The number of hydrogen-bond donors (Lipinski definition) is 0. The van der Waals surface area contributed by atoms with E-state index in [9.17, 15) is 4.79 Å². The van der Waals surface area contributed by atoms with Crippen LogP contribution in [0, 0.1) is 5.82 Å². The Balaban J connectivity index is 1.53. The number of methoxy groups -OCH3 is 1. The van der Waals surface area contributed by atoms with Crippen molar-refractivity contribution in [2.45, 2.75) is 46.2 Å². The highest BCUT2D eigenvalue weighted by Crippen LogP contribution is 2.42. The van der Waals surface area contributed by atoms with E-state index in [0.717, 1.165) is 46.8 Å². The van der Waals surface area contributed by atoms with Crippen LogP contribution in [0.25, 0.3) is 11.6 Å². The van der Waals surface area contributed by atoms with Gasteiger partial charge in [-0.25, -0.2) is 9.38 Å². The van der Waals surface area contributed by atoms with Crippen LogP contribution in [0.5, 0.6) is 5.75 Å². The number of anilines is 1. The van der Waals surface area contributed by atoms with Crippen molar-refractivity contribution in [1.29, 1.82) is 0 Å². The molecule has 0 radical (unpaired) electrons. The van der Waals surface area contributed by atoms with Gasteiger partial charge in [-0.3, -0.25) is 9.69 Å². The number of allylic oxidation sites excluding steroid dienone is 1. The third-order valence-electron chi connectivity index (χ3n) is 7.20. The average Bonchev–Trinajstić information content (AvgIpc) is 3.21. The van der Waals surface area contributed by atoms with Gasteiger partial charge in [0.2, 0.25) is 0 Å². The number of rotatable bonds is 7. The van der Waals surface area contributed by atoms with Crippen LogP contribution in [0.4, 0.5) is 15.8 Å². The molecule has 3 aromatic carbocycles. The Bertz CT molecular complexity index is 1510. The lowest BCUT2D eigenvalue weighted by molar-refractivity contribution is -0.122. The Morgan fingerprint density at radius 1 is 1.07 bits per heavy atom. The molecule has 40 heavy (non-hydrogen) atoms. The number of carbonyl (C=O) groups is 1. The number of ether oxygens (including phenoxy) is 1. The van der Waals surface area contributed by atoms with Gasteiger partial charge in [0.1, 0.15) is 11.6 Å². The molecule has 3 aromatic rings. The van der Waals surface area contributed by atoms with Crippen LogP contribution in [-0.2, 0) is 11.3 Å². The number of amides is 1. The Hall–Kier alpha value is -3.84. The molecule has 2 heterocycles. The van der Waals surface area contributed by atoms with Crippen molar-refractivity contribution in [3.8, 4) is 5.75 Å². The van der Waals surface area contributed by atoms with Crippen molar-refractivity contribution in [3.63, 3.8) is 0 Å². The summed E-state index contributed by atoms with van der Waals surface area (Å²) >= 11 is 1.27. The summed E-state index contributed by atoms with van der Waals surface area (Å²) in [6, 6.07) is 20.6. The van der Waals surface area contributed by atoms with Gasteiger partial charge in [-0.15, -0.1) is 0 Å². The van der Waals surface area contributed by atoms with Crippen molar-refractivity contribution < 1.29 is 13.9 Å². The SMILES string of the molecule is CCCN1c2cc(F)c(/C=C3/SC(=Nc4ccccc4)N(Cc4ccc(OC)cc4)C3=O)cc2C(C)=CC1(C)C. The minimum absolute atomic E-state index is 0.200. The monoisotopic (exact) mass is 555 g/mol. The molecule has 1 saturated heterocycles. The van der Waals surface area contributed by atoms with E-state index < -0.39 is 0 Å². The first kappa shape index (κ1) is 27.7. The highest BCUT2D eigenvalue weighted by Gasteiger charge is 2.35. The average molecular weight is 556 g/mol. The molecule has 5 nitrogen and oxygen atoms in total. The summed E-state index contributed by atoms with van der Waals surface area (Å²) in [5.74, 6) is 0.202. The zero-order valence-electron chi connectivity index (χ0n) is 23.6. The Labute approximate surface area is 240 Å². The molecule has 0 saturated carbocycles. The minimum Gasteiger partial charge on any atom is -0.497 e. The summed E-state index contributed by atoms with van der Waals surface area (Å²) in [4.78, 5) is 22.8. The largest absolute Gasteiger partial charge is 0.497 e. The maximum atomic E-state index is 15.6. The van der Waals surface area contributed by atoms with Crippen molar-refractivity contribution in [3.05, 3.63) is 100 Å². The van der Waals surface area contributed by atoms with Crippen LogP contribution in [0.3, 0.4) is 0 Å². The van der Waals surface area contributed by atoms with Gasteiger partial charge in [0, 0.05) is 23.4 Å². The molecule has 0 bridgehead atoms. The van der Waals surface area contributed by atoms with Crippen molar-refractivity contribution in [2.75, 3.05) is 18.6 Å². The van der Waals surface area contributed by atoms with E-state index in [4.69, 9.17) is 9.73 Å². The molecule has 1 fully saturated rings.